The number of rotatable bonds is 4. The third-order valence-corrected chi connectivity index (χ3v) is 6.33. The molecule has 172 valence electrons. The molecule has 2 aromatic rings. The van der Waals surface area contributed by atoms with E-state index in [9.17, 15) is 29.0 Å². The van der Waals surface area contributed by atoms with Crippen LogP contribution < -0.4 is 10.5 Å². The summed E-state index contributed by atoms with van der Waals surface area (Å²) in [5.74, 6) is -0.375. The van der Waals surface area contributed by atoms with E-state index < -0.39 is 23.1 Å². The highest BCUT2D eigenvalue weighted by atomic mass is 19.4. The molecule has 1 heterocycles. The van der Waals surface area contributed by atoms with Crippen LogP contribution in [0.2, 0.25) is 0 Å². The van der Waals surface area contributed by atoms with E-state index in [1.807, 2.05) is 18.2 Å². The van der Waals surface area contributed by atoms with E-state index in [0.29, 0.717) is 17.9 Å². The second kappa shape index (κ2) is 8.65. The monoisotopic (exact) mass is 464 g/mol. The minimum atomic E-state index is -4.49. The quantitative estimate of drug-likeness (QED) is 0.641. The zero-order chi connectivity index (χ0) is 24.5. The summed E-state index contributed by atoms with van der Waals surface area (Å²) in [4.78, 5) is 0. The van der Waals surface area contributed by atoms with E-state index in [0.717, 1.165) is 30.5 Å². The third kappa shape index (κ3) is 3.78. The molecule has 0 radical (unpaired) electrons. The minimum absolute atomic E-state index is 0.0252. The predicted molar refractivity (Wildman–Crippen MR) is 113 cm³/mol. The number of hydrogen-bond donors (Lipinski definition) is 1. The van der Waals surface area contributed by atoms with E-state index in [1.54, 1.807) is 12.1 Å². The van der Waals surface area contributed by atoms with Gasteiger partial charge in [-0.1, -0.05) is 12.1 Å². The average Bonchev–Trinajstić information content (AvgIpc) is 3.30. The number of halogens is 3. The van der Waals surface area contributed by atoms with Crippen molar-refractivity contribution in [1.29, 1.82) is 15.8 Å². The van der Waals surface area contributed by atoms with Crippen molar-refractivity contribution in [1.82, 2.24) is 0 Å². The second-order valence-corrected chi connectivity index (χ2v) is 8.22. The summed E-state index contributed by atoms with van der Waals surface area (Å²) in [6, 6.07) is 13.8. The van der Waals surface area contributed by atoms with Crippen LogP contribution in [0.1, 0.15) is 42.3 Å². The Labute approximate surface area is 193 Å². The number of fused-ring (bicyclic) bond motifs is 1. The molecule has 0 fully saturated rings. The number of nitriles is 3. The van der Waals surface area contributed by atoms with Crippen molar-refractivity contribution >= 4 is 0 Å². The van der Waals surface area contributed by atoms with Crippen molar-refractivity contribution in [3.63, 3.8) is 0 Å². The van der Waals surface area contributed by atoms with Gasteiger partial charge in [-0.15, -0.1) is 0 Å². The van der Waals surface area contributed by atoms with Gasteiger partial charge in [0.25, 0.3) is 0 Å². The molecule has 2 atom stereocenters. The Kier molecular flexibility index (Phi) is 5.85. The lowest BCUT2D eigenvalue weighted by Crippen LogP contribution is -2.42. The number of ether oxygens (including phenoxy) is 1. The zero-order valence-corrected chi connectivity index (χ0v) is 17.9. The first-order chi connectivity index (χ1) is 16.2. The van der Waals surface area contributed by atoms with Crippen LogP contribution in [0.15, 0.2) is 63.7 Å². The van der Waals surface area contributed by atoms with Crippen molar-refractivity contribution in [2.24, 2.45) is 17.1 Å². The number of nitrogens with zero attached hydrogens (tertiary/aromatic N) is 3. The normalized spacial score (nSPS) is 21.5. The number of nitrogens with two attached hydrogens (primary N) is 1. The van der Waals surface area contributed by atoms with Gasteiger partial charge in [-0.05, 0) is 61.1 Å². The number of benzene rings is 1. The van der Waals surface area contributed by atoms with Gasteiger partial charge in [0.1, 0.15) is 29.9 Å². The van der Waals surface area contributed by atoms with Gasteiger partial charge >= 0.3 is 6.18 Å². The zero-order valence-electron chi connectivity index (χ0n) is 17.9. The fourth-order valence-electron chi connectivity index (χ4n) is 4.73. The molecule has 9 heteroatoms. The van der Waals surface area contributed by atoms with E-state index in [2.05, 4.69) is 6.07 Å². The van der Waals surface area contributed by atoms with Gasteiger partial charge in [0, 0.05) is 0 Å². The molecule has 6 nitrogen and oxygen atoms in total. The van der Waals surface area contributed by atoms with Crippen molar-refractivity contribution in [3.8, 4) is 24.0 Å². The van der Waals surface area contributed by atoms with E-state index in [4.69, 9.17) is 14.9 Å². The van der Waals surface area contributed by atoms with Crippen LogP contribution in [-0.2, 0) is 12.8 Å². The lowest BCUT2D eigenvalue weighted by molar-refractivity contribution is -0.137. The molecule has 2 aliphatic carbocycles. The molecular formula is C25H19F3N4O2. The first-order valence-corrected chi connectivity index (χ1v) is 10.6. The number of hydrogen-bond acceptors (Lipinski definition) is 6. The summed E-state index contributed by atoms with van der Waals surface area (Å²) in [6.45, 7) is -0.151. The highest BCUT2D eigenvalue weighted by Gasteiger charge is 2.55. The standard InChI is InChI=1S/C25H19F3N4O2/c26-25(27,28)15-4-3-5-16(10-15)33-12-17-8-9-21(34-17)22-19-7-2-1-6-18(19)20(11-29)23(32)24(22,13-30)14-31/h3-6,8-10,19,22H,1-2,7,12,32H2/t19-,22+/m1/s1. The van der Waals surface area contributed by atoms with E-state index >= 15 is 0 Å². The lowest BCUT2D eigenvalue weighted by Gasteiger charge is -2.42. The molecule has 0 aliphatic heterocycles. The first-order valence-electron chi connectivity index (χ1n) is 10.6. The lowest BCUT2D eigenvalue weighted by atomic mass is 9.58. The SMILES string of the molecule is N#CC1=C(N)C(C#N)(C#N)[C@H](c2ccc(COc3cccc(C(F)(F)F)c3)o2)[C@@H]2CCCC=C12. The van der Waals surface area contributed by atoms with Gasteiger partial charge in [-0.3, -0.25) is 0 Å². The van der Waals surface area contributed by atoms with Gasteiger partial charge in [-0.25, -0.2) is 0 Å². The highest BCUT2D eigenvalue weighted by molar-refractivity contribution is 5.58. The fourth-order valence-corrected chi connectivity index (χ4v) is 4.73. The maximum Gasteiger partial charge on any atom is 0.416 e. The Bertz CT molecular complexity index is 1290. The summed E-state index contributed by atoms with van der Waals surface area (Å²) in [7, 11) is 0. The summed E-state index contributed by atoms with van der Waals surface area (Å²) in [5.41, 5.74) is 4.41. The Morgan fingerprint density at radius 2 is 1.91 bits per heavy atom. The fraction of sp³-hybridized carbons (Fsp3) is 0.320. The third-order valence-electron chi connectivity index (χ3n) is 6.33. The van der Waals surface area contributed by atoms with Gasteiger partial charge in [0.05, 0.1) is 34.9 Å². The molecule has 1 aromatic heterocycles. The minimum Gasteiger partial charge on any atom is -0.486 e. The van der Waals surface area contributed by atoms with Crippen molar-refractivity contribution in [3.05, 3.63) is 76.4 Å². The molecule has 34 heavy (non-hydrogen) atoms. The highest BCUT2D eigenvalue weighted by Crippen LogP contribution is 2.56. The summed E-state index contributed by atoms with van der Waals surface area (Å²) >= 11 is 0. The molecule has 2 aliphatic rings. The van der Waals surface area contributed by atoms with Gasteiger partial charge < -0.3 is 14.9 Å². The molecule has 0 amide bonds. The molecule has 2 N–H and O–H groups in total. The van der Waals surface area contributed by atoms with Gasteiger partial charge in [-0.2, -0.15) is 29.0 Å². The van der Waals surface area contributed by atoms with Crippen molar-refractivity contribution in [2.45, 2.75) is 38.0 Å². The van der Waals surface area contributed by atoms with Crippen LogP contribution in [0, 0.1) is 45.3 Å². The number of furan rings is 1. The Morgan fingerprint density at radius 1 is 1.15 bits per heavy atom. The van der Waals surface area contributed by atoms with Gasteiger partial charge in [0.2, 0.25) is 0 Å². The van der Waals surface area contributed by atoms with Crippen LogP contribution in [-0.4, -0.2) is 0 Å². The molecule has 0 saturated heterocycles. The summed E-state index contributed by atoms with van der Waals surface area (Å²) in [6.07, 6.45) is -0.334. The summed E-state index contributed by atoms with van der Waals surface area (Å²) in [5, 5.41) is 29.7. The summed E-state index contributed by atoms with van der Waals surface area (Å²) < 4.78 is 50.2. The van der Waals surface area contributed by atoms with Crippen LogP contribution >= 0.6 is 0 Å². The van der Waals surface area contributed by atoms with Gasteiger partial charge in [0.15, 0.2) is 5.41 Å². The first kappa shape index (κ1) is 23.0. The van der Waals surface area contributed by atoms with Crippen LogP contribution in [0.3, 0.4) is 0 Å². The van der Waals surface area contributed by atoms with Crippen molar-refractivity contribution in [2.75, 3.05) is 0 Å². The second-order valence-electron chi connectivity index (χ2n) is 8.22. The molecule has 4 rings (SSSR count). The van der Waals surface area contributed by atoms with E-state index in [-0.39, 0.29) is 29.5 Å². The topological polar surface area (TPSA) is 120 Å². The van der Waals surface area contributed by atoms with E-state index in [1.165, 1.54) is 12.1 Å². The molecule has 1 aromatic carbocycles. The largest absolute Gasteiger partial charge is 0.486 e. The Hall–Kier alpha value is -4.16. The Morgan fingerprint density at radius 3 is 2.59 bits per heavy atom. The van der Waals surface area contributed by atoms with Crippen LogP contribution in [0.5, 0.6) is 5.75 Å². The molecule has 0 saturated carbocycles. The molecular weight excluding hydrogens is 445 g/mol. The van der Waals surface area contributed by atoms with Crippen molar-refractivity contribution < 1.29 is 22.3 Å². The van der Waals surface area contributed by atoms with Crippen LogP contribution in [0.25, 0.3) is 0 Å². The van der Waals surface area contributed by atoms with Crippen LogP contribution in [0.4, 0.5) is 13.2 Å². The maximum atomic E-state index is 12.9. The molecule has 0 unspecified atom stereocenters. The number of alkyl halides is 3. The average molecular weight is 464 g/mol. The predicted octanol–water partition coefficient (Wildman–Crippen LogP) is 5.47. The molecule has 0 spiro atoms. The Balaban J connectivity index is 1.66. The molecule has 0 bridgehead atoms. The smallest absolute Gasteiger partial charge is 0.416 e. The maximum absolute atomic E-state index is 12.9. The number of allylic oxidation sites excluding steroid dienone is 4.